The number of nitrogens with one attached hydrogen (secondary N) is 1. The van der Waals surface area contributed by atoms with Crippen LogP contribution >= 0.6 is 0 Å². The highest BCUT2D eigenvalue weighted by molar-refractivity contribution is 7.92. The predicted molar refractivity (Wildman–Crippen MR) is 135 cm³/mol. The Morgan fingerprint density at radius 2 is 1.68 bits per heavy atom. The van der Waals surface area contributed by atoms with Crippen LogP contribution < -0.4 is 14.5 Å². The fourth-order valence-corrected chi connectivity index (χ4v) is 4.70. The third-order valence-electron chi connectivity index (χ3n) is 4.76. The molecule has 0 spiro atoms. The lowest BCUT2D eigenvalue weighted by Gasteiger charge is -2.24. The van der Waals surface area contributed by atoms with Crippen molar-refractivity contribution in [2.24, 2.45) is 5.10 Å². The third kappa shape index (κ3) is 6.55. The zero-order valence-corrected chi connectivity index (χ0v) is 20.0. The molecule has 176 valence electrons. The first-order chi connectivity index (χ1) is 16.3. The number of carbonyl (C=O) groups is 1. The summed E-state index contributed by atoms with van der Waals surface area (Å²) < 4.78 is 33.3. The maximum atomic E-state index is 13.4. The van der Waals surface area contributed by atoms with E-state index in [0.29, 0.717) is 18.0 Å². The number of hydrogen-bond acceptors (Lipinski definition) is 5. The normalized spacial score (nSPS) is 11.2. The number of rotatable bonds is 10. The van der Waals surface area contributed by atoms with Crippen LogP contribution in [0.2, 0.25) is 0 Å². The summed E-state index contributed by atoms with van der Waals surface area (Å²) in [5.41, 5.74) is 5.35. The zero-order valence-electron chi connectivity index (χ0n) is 19.1. The molecule has 8 heteroatoms. The van der Waals surface area contributed by atoms with Crippen molar-refractivity contribution in [3.8, 4) is 5.75 Å². The molecule has 0 radical (unpaired) electrons. The van der Waals surface area contributed by atoms with E-state index in [1.807, 2.05) is 19.9 Å². The Hall–Kier alpha value is -3.91. The summed E-state index contributed by atoms with van der Waals surface area (Å²) in [5.74, 6) is 0.122. The summed E-state index contributed by atoms with van der Waals surface area (Å²) in [7, 11) is -3.97. The van der Waals surface area contributed by atoms with E-state index >= 15 is 0 Å². The number of ether oxygens (including phenoxy) is 1. The highest BCUT2D eigenvalue weighted by Crippen LogP contribution is 2.25. The molecule has 0 atom stereocenters. The van der Waals surface area contributed by atoms with Crippen LogP contribution in [0.5, 0.6) is 5.75 Å². The van der Waals surface area contributed by atoms with Crippen LogP contribution in [0.15, 0.2) is 95.4 Å². The second kappa shape index (κ2) is 11.3. The number of sulfonamides is 1. The van der Waals surface area contributed by atoms with Gasteiger partial charge < -0.3 is 4.74 Å². The predicted octanol–water partition coefficient (Wildman–Crippen LogP) is 4.21. The van der Waals surface area contributed by atoms with E-state index in [4.69, 9.17) is 4.74 Å². The van der Waals surface area contributed by atoms with Crippen LogP contribution in [0.4, 0.5) is 5.69 Å². The molecule has 0 aliphatic carbocycles. The molecule has 34 heavy (non-hydrogen) atoms. The lowest BCUT2D eigenvalue weighted by atomic mass is 10.1. The summed E-state index contributed by atoms with van der Waals surface area (Å²) in [6.45, 7) is 7.34. The highest BCUT2D eigenvalue weighted by atomic mass is 32.2. The van der Waals surface area contributed by atoms with Gasteiger partial charge in [0.05, 0.1) is 16.8 Å². The van der Waals surface area contributed by atoms with Gasteiger partial charge >= 0.3 is 0 Å². The smallest absolute Gasteiger partial charge is 0.264 e. The number of benzene rings is 3. The molecule has 1 N–H and O–H groups in total. The molecule has 0 heterocycles. The first kappa shape index (κ1) is 24.7. The number of aryl methyl sites for hydroxylation is 2. The molecule has 1 amide bonds. The number of nitrogens with zero attached hydrogens (tertiary/aromatic N) is 2. The van der Waals surface area contributed by atoms with Crippen LogP contribution in [0.1, 0.15) is 16.7 Å². The summed E-state index contributed by atoms with van der Waals surface area (Å²) in [5, 5.41) is 3.97. The fourth-order valence-electron chi connectivity index (χ4n) is 3.28. The minimum atomic E-state index is -3.97. The first-order valence-corrected chi connectivity index (χ1v) is 12.1. The molecule has 0 aromatic heterocycles. The number of carbonyl (C=O) groups excluding carboxylic acids is 1. The van der Waals surface area contributed by atoms with Gasteiger partial charge in [-0.3, -0.25) is 9.10 Å². The van der Waals surface area contributed by atoms with Gasteiger partial charge in [0.15, 0.2) is 0 Å². The van der Waals surface area contributed by atoms with Gasteiger partial charge in [-0.1, -0.05) is 36.9 Å². The van der Waals surface area contributed by atoms with E-state index in [0.717, 1.165) is 21.0 Å². The standard InChI is InChI=1S/C26H27N3O4S/c1-4-14-33-24-12-10-22(11-13-24)18-27-28-26(30)19-29(23-16-20(2)15-21(3)17-23)34(31,32)25-8-6-5-7-9-25/h4-13,15-18H,1,14,19H2,2-3H3,(H,28,30). The Labute approximate surface area is 200 Å². The number of anilines is 1. The molecule has 3 aromatic rings. The van der Waals surface area contributed by atoms with Crippen LogP contribution in [-0.2, 0) is 14.8 Å². The van der Waals surface area contributed by atoms with E-state index in [2.05, 4.69) is 17.1 Å². The number of hydrazone groups is 1. The van der Waals surface area contributed by atoms with Crippen LogP contribution in [0.3, 0.4) is 0 Å². The number of hydrogen-bond donors (Lipinski definition) is 1. The van der Waals surface area contributed by atoms with Crippen molar-refractivity contribution in [3.63, 3.8) is 0 Å². The van der Waals surface area contributed by atoms with Gasteiger partial charge in [-0.2, -0.15) is 5.10 Å². The fraction of sp³-hybridized carbons (Fsp3) is 0.154. The molecule has 7 nitrogen and oxygen atoms in total. The molecule has 3 aromatic carbocycles. The monoisotopic (exact) mass is 477 g/mol. The van der Waals surface area contributed by atoms with Crippen LogP contribution in [0, 0.1) is 13.8 Å². The SMILES string of the molecule is C=CCOc1ccc(C=NNC(=O)CN(c2cc(C)cc(C)c2)S(=O)(=O)c2ccccc2)cc1. The van der Waals surface area contributed by atoms with Crippen molar-refractivity contribution >= 4 is 27.8 Å². The lowest BCUT2D eigenvalue weighted by molar-refractivity contribution is -0.119. The Balaban J connectivity index is 1.77. The van der Waals surface area contributed by atoms with E-state index in [-0.39, 0.29) is 4.90 Å². The topological polar surface area (TPSA) is 88.1 Å². The summed E-state index contributed by atoms with van der Waals surface area (Å²) in [4.78, 5) is 12.8. The van der Waals surface area contributed by atoms with Crippen molar-refractivity contribution in [1.82, 2.24) is 5.43 Å². The minimum Gasteiger partial charge on any atom is -0.490 e. The quantitative estimate of drug-likeness (QED) is 0.269. The van der Waals surface area contributed by atoms with E-state index < -0.39 is 22.5 Å². The molecule has 0 saturated carbocycles. The molecule has 0 aliphatic heterocycles. The summed E-state index contributed by atoms with van der Waals surface area (Å²) in [6, 6.07) is 20.6. The Morgan fingerprint density at radius 1 is 1.03 bits per heavy atom. The highest BCUT2D eigenvalue weighted by Gasteiger charge is 2.27. The first-order valence-electron chi connectivity index (χ1n) is 10.6. The maximum absolute atomic E-state index is 13.4. The molecule has 3 rings (SSSR count). The number of amides is 1. The summed E-state index contributed by atoms with van der Waals surface area (Å²) >= 11 is 0. The van der Waals surface area contributed by atoms with E-state index in [1.54, 1.807) is 60.7 Å². The van der Waals surface area contributed by atoms with Gasteiger partial charge in [0.1, 0.15) is 18.9 Å². The van der Waals surface area contributed by atoms with Gasteiger partial charge in [-0.25, -0.2) is 13.8 Å². The third-order valence-corrected chi connectivity index (χ3v) is 6.55. The second-order valence-electron chi connectivity index (χ2n) is 7.63. The molecule has 0 bridgehead atoms. The molecule has 0 fully saturated rings. The van der Waals surface area contributed by atoms with Gasteiger partial charge in [-0.15, -0.1) is 0 Å². The average Bonchev–Trinajstić information content (AvgIpc) is 2.82. The van der Waals surface area contributed by atoms with E-state index in [1.165, 1.54) is 18.3 Å². The molecule has 0 aliphatic rings. The molecule has 0 saturated heterocycles. The van der Waals surface area contributed by atoms with Gasteiger partial charge in [0, 0.05) is 0 Å². The largest absolute Gasteiger partial charge is 0.490 e. The van der Waals surface area contributed by atoms with Crippen molar-refractivity contribution in [3.05, 3.63) is 102 Å². The van der Waals surface area contributed by atoms with Gasteiger partial charge in [0.25, 0.3) is 15.9 Å². The minimum absolute atomic E-state index is 0.101. The van der Waals surface area contributed by atoms with Crippen molar-refractivity contribution < 1.29 is 17.9 Å². The van der Waals surface area contributed by atoms with Crippen molar-refractivity contribution in [2.45, 2.75) is 18.7 Å². The van der Waals surface area contributed by atoms with Crippen molar-refractivity contribution in [1.29, 1.82) is 0 Å². The Morgan fingerprint density at radius 3 is 2.29 bits per heavy atom. The average molecular weight is 478 g/mol. The molecular weight excluding hydrogens is 450 g/mol. The Bertz CT molecular complexity index is 1250. The van der Waals surface area contributed by atoms with Gasteiger partial charge in [-0.05, 0) is 79.1 Å². The van der Waals surface area contributed by atoms with Crippen LogP contribution in [0.25, 0.3) is 0 Å². The van der Waals surface area contributed by atoms with E-state index in [9.17, 15) is 13.2 Å². The Kier molecular flexibility index (Phi) is 8.21. The van der Waals surface area contributed by atoms with Crippen LogP contribution in [-0.4, -0.2) is 33.7 Å². The zero-order chi connectivity index (χ0) is 24.6. The molecular formula is C26H27N3O4S. The van der Waals surface area contributed by atoms with Crippen molar-refractivity contribution in [2.75, 3.05) is 17.5 Å². The molecule has 0 unspecified atom stereocenters. The lowest BCUT2D eigenvalue weighted by Crippen LogP contribution is -2.39. The summed E-state index contributed by atoms with van der Waals surface area (Å²) in [6.07, 6.45) is 3.13. The maximum Gasteiger partial charge on any atom is 0.264 e. The second-order valence-corrected chi connectivity index (χ2v) is 9.49. The van der Waals surface area contributed by atoms with Gasteiger partial charge in [0.2, 0.25) is 0 Å².